The van der Waals surface area contributed by atoms with Crippen molar-refractivity contribution in [3.05, 3.63) is 51.8 Å². The van der Waals surface area contributed by atoms with Crippen LogP contribution in [-0.4, -0.2) is 32.3 Å². The summed E-state index contributed by atoms with van der Waals surface area (Å²) >= 11 is 0. The first-order valence-corrected chi connectivity index (χ1v) is 8.21. The van der Waals surface area contributed by atoms with Crippen LogP contribution >= 0.6 is 0 Å². The summed E-state index contributed by atoms with van der Waals surface area (Å²) in [6, 6.07) is 1.85. The van der Waals surface area contributed by atoms with Crippen molar-refractivity contribution >= 4 is 5.52 Å². The average Bonchev–Trinajstić information content (AvgIpc) is 3.18. The first-order chi connectivity index (χ1) is 11.6. The van der Waals surface area contributed by atoms with E-state index in [0.29, 0.717) is 18.0 Å². The molecule has 3 aromatic rings. The minimum absolute atomic E-state index is 0. The number of hydrogen-bond donors (Lipinski definition) is 0. The molecule has 134 valence electrons. The maximum Gasteiger partial charge on any atom is 0.277 e. The van der Waals surface area contributed by atoms with Crippen LogP contribution in [-0.2, 0) is 11.3 Å². The SMILES string of the molecule is C.Cc1cc(Cn2c(C)cn3c(C4CCOCC4)ncc3c2=O)no1. The van der Waals surface area contributed by atoms with Crippen molar-refractivity contribution < 1.29 is 9.26 Å². The van der Waals surface area contributed by atoms with Crippen LogP contribution in [0.25, 0.3) is 5.52 Å². The lowest BCUT2D eigenvalue weighted by Gasteiger charge is -2.21. The summed E-state index contributed by atoms with van der Waals surface area (Å²) in [6.07, 6.45) is 5.55. The first kappa shape index (κ1) is 17.4. The van der Waals surface area contributed by atoms with Gasteiger partial charge in [0.15, 0.2) is 0 Å². The molecular weight excluding hydrogens is 320 g/mol. The molecule has 7 nitrogen and oxygen atoms in total. The van der Waals surface area contributed by atoms with Crippen molar-refractivity contribution in [1.82, 2.24) is 19.1 Å². The van der Waals surface area contributed by atoms with Crippen LogP contribution in [0, 0.1) is 13.8 Å². The van der Waals surface area contributed by atoms with Crippen LogP contribution in [0.3, 0.4) is 0 Å². The van der Waals surface area contributed by atoms with Gasteiger partial charge in [-0.25, -0.2) is 4.98 Å². The quantitative estimate of drug-likeness (QED) is 0.730. The van der Waals surface area contributed by atoms with E-state index < -0.39 is 0 Å². The van der Waals surface area contributed by atoms with E-state index in [9.17, 15) is 4.79 Å². The van der Waals surface area contributed by atoms with Gasteiger partial charge in [0, 0.05) is 37.1 Å². The number of fused-ring (bicyclic) bond motifs is 1. The maximum absolute atomic E-state index is 12.9. The number of imidazole rings is 1. The van der Waals surface area contributed by atoms with Gasteiger partial charge in [0.05, 0.1) is 12.7 Å². The third kappa shape index (κ3) is 3.11. The molecule has 7 heteroatoms. The standard InChI is InChI=1S/C17H20N4O3.CH4/c1-11-9-21-15(8-18-16(21)13-3-5-23-6-4-13)17(22)20(11)10-14-7-12(2)24-19-14;/h7-9,13H,3-6,10H2,1-2H3;1H4. The Balaban J connectivity index is 0.00000182. The number of rotatable bonds is 3. The summed E-state index contributed by atoms with van der Waals surface area (Å²) in [4.78, 5) is 17.4. The molecule has 0 spiro atoms. The molecule has 0 amide bonds. The van der Waals surface area contributed by atoms with Gasteiger partial charge in [0.25, 0.3) is 5.56 Å². The smallest absolute Gasteiger partial charge is 0.277 e. The molecule has 0 unspecified atom stereocenters. The van der Waals surface area contributed by atoms with Crippen LogP contribution in [0.2, 0.25) is 0 Å². The molecule has 4 rings (SSSR count). The minimum Gasteiger partial charge on any atom is -0.381 e. The summed E-state index contributed by atoms with van der Waals surface area (Å²) in [7, 11) is 0. The van der Waals surface area contributed by atoms with E-state index in [0.717, 1.165) is 49.0 Å². The van der Waals surface area contributed by atoms with Crippen molar-refractivity contribution in [2.75, 3.05) is 13.2 Å². The molecular formula is C18H24N4O3. The summed E-state index contributed by atoms with van der Waals surface area (Å²) in [5.74, 6) is 2.04. The largest absolute Gasteiger partial charge is 0.381 e. The lowest BCUT2D eigenvalue weighted by Crippen LogP contribution is -2.25. The fourth-order valence-corrected chi connectivity index (χ4v) is 3.33. The molecule has 0 N–H and O–H groups in total. The van der Waals surface area contributed by atoms with Crippen molar-refractivity contribution in [3.63, 3.8) is 0 Å². The van der Waals surface area contributed by atoms with E-state index in [-0.39, 0.29) is 13.0 Å². The molecule has 1 fully saturated rings. The Bertz CT molecular complexity index is 932. The number of aryl methyl sites for hydroxylation is 2. The lowest BCUT2D eigenvalue weighted by molar-refractivity contribution is 0.0835. The second-order valence-corrected chi connectivity index (χ2v) is 6.35. The van der Waals surface area contributed by atoms with E-state index in [1.54, 1.807) is 10.8 Å². The summed E-state index contributed by atoms with van der Waals surface area (Å²) < 4.78 is 14.2. The third-order valence-electron chi connectivity index (χ3n) is 4.61. The Morgan fingerprint density at radius 3 is 2.72 bits per heavy atom. The molecule has 0 aromatic carbocycles. The maximum atomic E-state index is 12.9. The van der Waals surface area contributed by atoms with E-state index in [4.69, 9.17) is 9.26 Å². The first-order valence-electron chi connectivity index (χ1n) is 8.21. The Hall–Kier alpha value is -2.41. The minimum atomic E-state index is -0.0542. The third-order valence-corrected chi connectivity index (χ3v) is 4.61. The van der Waals surface area contributed by atoms with Gasteiger partial charge in [0.2, 0.25) is 0 Å². The second-order valence-electron chi connectivity index (χ2n) is 6.35. The van der Waals surface area contributed by atoms with Crippen molar-refractivity contribution in [2.24, 2.45) is 0 Å². The Morgan fingerprint density at radius 1 is 1.28 bits per heavy atom. The van der Waals surface area contributed by atoms with Crippen LogP contribution in [0.1, 0.15) is 49.2 Å². The Kier molecular flexibility index (Phi) is 4.76. The van der Waals surface area contributed by atoms with E-state index in [2.05, 4.69) is 10.1 Å². The van der Waals surface area contributed by atoms with Crippen molar-refractivity contribution in [3.8, 4) is 0 Å². The zero-order valence-electron chi connectivity index (χ0n) is 13.9. The molecule has 3 aromatic heterocycles. The highest BCUT2D eigenvalue weighted by Crippen LogP contribution is 2.26. The van der Waals surface area contributed by atoms with Crippen LogP contribution in [0.15, 0.2) is 27.8 Å². The highest BCUT2D eigenvalue weighted by Gasteiger charge is 2.22. The summed E-state index contributed by atoms with van der Waals surface area (Å²) in [5.41, 5.74) is 2.16. The second kappa shape index (κ2) is 6.84. The number of hydrogen-bond acceptors (Lipinski definition) is 5. The van der Waals surface area contributed by atoms with Crippen LogP contribution in [0.5, 0.6) is 0 Å². The predicted molar refractivity (Wildman–Crippen MR) is 94.1 cm³/mol. The topological polar surface area (TPSA) is 74.6 Å². The van der Waals surface area contributed by atoms with Gasteiger partial charge >= 0.3 is 0 Å². The van der Waals surface area contributed by atoms with Gasteiger partial charge in [-0.05, 0) is 26.7 Å². The molecule has 1 aliphatic rings. The molecule has 4 heterocycles. The Labute approximate surface area is 146 Å². The molecule has 0 bridgehead atoms. The zero-order chi connectivity index (χ0) is 16.7. The van der Waals surface area contributed by atoms with Gasteiger partial charge in [-0.1, -0.05) is 12.6 Å². The highest BCUT2D eigenvalue weighted by atomic mass is 16.5. The van der Waals surface area contributed by atoms with Crippen molar-refractivity contribution in [2.45, 2.75) is 46.6 Å². The van der Waals surface area contributed by atoms with Crippen molar-refractivity contribution in [1.29, 1.82) is 0 Å². The predicted octanol–water partition coefficient (Wildman–Crippen LogP) is 2.68. The highest BCUT2D eigenvalue weighted by molar-refractivity contribution is 5.45. The normalized spacial score (nSPS) is 15.4. The average molecular weight is 344 g/mol. The summed E-state index contributed by atoms with van der Waals surface area (Å²) in [6.45, 7) is 5.67. The zero-order valence-corrected chi connectivity index (χ0v) is 13.9. The summed E-state index contributed by atoms with van der Waals surface area (Å²) in [5, 5.41) is 3.98. The molecule has 0 radical (unpaired) electrons. The van der Waals surface area contributed by atoms with Gasteiger partial charge < -0.3 is 13.8 Å². The number of nitrogens with zero attached hydrogens (tertiary/aromatic N) is 4. The fourth-order valence-electron chi connectivity index (χ4n) is 3.33. The van der Waals surface area contributed by atoms with E-state index >= 15 is 0 Å². The molecule has 0 atom stereocenters. The number of aromatic nitrogens is 4. The molecule has 0 saturated carbocycles. The van der Waals surface area contributed by atoms with Gasteiger partial charge in [-0.2, -0.15) is 0 Å². The lowest BCUT2D eigenvalue weighted by atomic mass is 10.00. The van der Waals surface area contributed by atoms with E-state index in [1.807, 2.05) is 30.5 Å². The monoisotopic (exact) mass is 344 g/mol. The van der Waals surface area contributed by atoms with Gasteiger partial charge in [-0.15, -0.1) is 0 Å². The Morgan fingerprint density at radius 2 is 2.04 bits per heavy atom. The van der Waals surface area contributed by atoms with Crippen LogP contribution < -0.4 is 5.56 Å². The molecule has 1 aliphatic heterocycles. The molecule has 1 saturated heterocycles. The van der Waals surface area contributed by atoms with Gasteiger partial charge in [-0.3, -0.25) is 9.20 Å². The fraction of sp³-hybridized carbons (Fsp3) is 0.500. The molecule has 0 aliphatic carbocycles. The van der Waals surface area contributed by atoms with E-state index in [1.165, 1.54) is 0 Å². The van der Waals surface area contributed by atoms with Gasteiger partial charge in [0.1, 0.15) is 22.8 Å². The van der Waals surface area contributed by atoms with Crippen LogP contribution in [0.4, 0.5) is 0 Å². The number of ether oxygens (including phenoxy) is 1. The molecule has 25 heavy (non-hydrogen) atoms.